The molecule has 1 aliphatic rings. The Labute approximate surface area is 189 Å². The van der Waals surface area contributed by atoms with Crippen LogP contribution < -0.4 is 0 Å². The average Bonchev–Trinajstić information content (AvgIpc) is 2.78. The summed E-state index contributed by atoms with van der Waals surface area (Å²) in [7, 11) is 0. The van der Waals surface area contributed by atoms with Gasteiger partial charge in [0, 0.05) is 5.92 Å². The highest BCUT2D eigenvalue weighted by molar-refractivity contribution is 5.78. The Morgan fingerprint density at radius 2 is 1.68 bits per heavy atom. The van der Waals surface area contributed by atoms with Gasteiger partial charge in [0.25, 0.3) is 0 Å². The highest BCUT2D eigenvalue weighted by atomic mass is 19.1. The van der Waals surface area contributed by atoms with Crippen molar-refractivity contribution in [2.24, 2.45) is 11.8 Å². The third-order valence-electron chi connectivity index (χ3n) is 6.61. The van der Waals surface area contributed by atoms with E-state index in [0.29, 0.717) is 23.5 Å². The van der Waals surface area contributed by atoms with Crippen molar-refractivity contribution in [3.8, 4) is 0 Å². The van der Waals surface area contributed by atoms with Crippen molar-refractivity contribution < 1.29 is 9.18 Å². The van der Waals surface area contributed by atoms with Crippen LogP contribution in [0.1, 0.15) is 95.6 Å². The Kier molecular flexibility index (Phi) is 11.6. The van der Waals surface area contributed by atoms with E-state index >= 15 is 0 Å². The molecule has 2 unspecified atom stereocenters. The second-order valence-corrected chi connectivity index (χ2v) is 9.21. The van der Waals surface area contributed by atoms with Crippen molar-refractivity contribution in [1.29, 1.82) is 0 Å². The van der Waals surface area contributed by atoms with Crippen LogP contribution in [0.25, 0.3) is 0 Å². The summed E-state index contributed by atoms with van der Waals surface area (Å²) in [6.45, 7) is 6.17. The number of unbranched alkanes of at least 4 members (excludes halogenated alkanes) is 1. The predicted molar refractivity (Wildman–Crippen MR) is 130 cm³/mol. The molecule has 0 heterocycles. The lowest BCUT2D eigenvalue weighted by Gasteiger charge is -2.27. The maximum atomic E-state index is 12.8. The van der Waals surface area contributed by atoms with Crippen LogP contribution in [-0.2, 0) is 11.2 Å². The summed E-state index contributed by atoms with van der Waals surface area (Å²) < 4.78 is 12.8. The zero-order chi connectivity index (χ0) is 22.5. The molecule has 3 rings (SSSR count). The number of carbonyl (C=O) groups excluding carboxylic acids is 1. The first-order valence-corrected chi connectivity index (χ1v) is 12.3. The van der Waals surface area contributed by atoms with Gasteiger partial charge in [-0.2, -0.15) is 0 Å². The molecule has 2 aromatic rings. The Bertz CT molecular complexity index is 737. The second-order valence-electron chi connectivity index (χ2n) is 9.21. The monoisotopic (exact) mass is 424 g/mol. The van der Waals surface area contributed by atoms with Crippen LogP contribution >= 0.6 is 0 Å². The van der Waals surface area contributed by atoms with E-state index in [-0.39, 0.29) is 5.82 Å². The molecule has 170 valence electrons. The molecule has 1 nitrogen and oxygen atoms in total. The number of halogens is 1. The largest absolute Gasteiger partial charge is 0.300 e. The van der Waals surface area contributed by atoms with Gasteiger partial charge in [0.05, 0.1) is 0 Å². The summed E-state index contributed by atoms with van der Waals surface area (Å²) in [6.07, 6.45) is 12.0. The van der Waals surface area contributed by atoms with Gasteiger partial charge in [-0.1, -0.05) is 88.4 Å². The first kappa shape index (κ1) is 25.3. The smallest absolute Gasteiger partial charge is 0.132 e. The number of hydrogen-bond acceptors (Lipinski definition) is 1. The Hall–Kier alpha value is -1.96. The molecule has 0 spiro atoms. The molecule has 1 fully saturated rings. The number of benzene rings is 2. The van der Waals surface area contributed by atoms with E-state index in [2.05, 4.69) is 44.2 Å². The second kappa shape index (κ2) is 14.2. The van der Waals surface area contributed by atoms with Gasteiger partial charge in [0.15, 0.2) is 0 Å². The van der Waals surface area contributed by atoms with E-state index in [1.165, 1.54) is 56.1 Å². The lowest BCUT2D eigenvalue weighted by atomic mass is 9.77. The van der Waals surface area contributed by atoms with Crippen LogP contribution in [0.5, 0.6) is 0 Å². The molecule has 0 amide bonds. The molecule has 2 aromatic carbocycles. The molecule has 2 heteroatoms. The van der Waals surface area contributed by atoms with Crippen molar-refractivity contribution in [3.05, 3.63) is 71.5 Å². The number of hydrogen-bond donors (Lipinski definition) is 0. The van der Waals surface area contributed by atoms with Gasteiger partial charge in [-0.05, 0) is 74.1 Å². The van der Waals surface area contributed by atoms with Gasteiger partial charge in [-0.15, -0.1) is 0 Å². The average molecular weight is 425 g/mol. The van der Waals surface area contributed by atoms with Crippen LogP contribution in [0.2, 0.25) is 0 Å². The van der Waals surface area contributed by atoms with Gasteiger partial charge in [-0.25, -0.2) is 4.39 Å². The normalized spacial score (nSPS) is 19.2. The highest BCUT2D eigenvalue weighted by Gasteiger charge is 2.24. The topological polar surface area (TPSA) is 17.1 Å². The minimum atomic E-state index is -0.135. The van der Waals surface area contributed by atoms with Crippen LogP contribution in [-0.4, -0.2) is 5.78 Å². The van der Waals surface area contributed by atoms with Gasteiger partial charge in [-0.3, -0.25) is 4.79 Å². The van der Waals surface area contributed by atoms with Gasteiger partial charge < -0.3 is 0 Å². The van der Waals surface area contributed by atoms with Crippen LogP contribution in [0.15, 0.2) is 54.6 Å². The van der Waals surface area contributed by atoms with Crippen molar-refractivity contribution in [3.63, 3.8) is 0 Å². The van der Waals surface area contributed by atoms with Crippen LogP contribution in [0, 0.1) is 17.7 Å². The lowest BCUT2D eigenvalue weighted by Crippen LogP contribution is -2.22. The molecule has 3 atom stereocenters. The molecular weight excluding hydrogens is 383 g/mol. The molecule has 0 aromatic heterocycles. The van der Waals surface area contributed by atoms with E-state index in [1.807, 2.05) is 12.1 Å². The van der Waals surface area contributed by atoms with E-state index in [0.717, 1.165) is 19.3 Å². The number of Topliss-reactive ketones (excluding diaryl/α,β-unsaturated/α-hetero) is 1. The van der Waals surface area contributed by atoms with Crippen molar-refractivity contribution in [1.82, 2.24) is 0 Å². The summed E-state index contributed by atoms with van der Waals surface area (Å²) in [5, 5.41) is 0. The predicted octanol–water partition coefficient (Wildman–Crippen LogP) is 8.52. The lowest BCUT2D eigenvalue weighted by molar-refractivity contribution is -0.122. The maximum Gasteiger partial charge on any atom is 0.132 e. The quantitative estimate of drug-likeness (QED) is 0.394. The number of ketones is 1. The summed E-state index contributed by atoms with van der Waals surface area (Å²) in [4.78, 5) is 11.4. The Morgan fingerprint density at radius 3 is 2.29 bits per heavy atom. The summed E-state index contributed by atoms with van der Waals surface area (Å²) in [6, 6.07) is 17.7. The van der Waals surface area contributed by atoms with Crippen LogP contribution in [0.4, 0.5) is 4.39 Å². The van der Waals surface area contributed by atoms with E-state index in [9.17, 15) is 9.18 Å². The van der Waals surface area contributed by atoms with Gasteiger partial charge in [0.2, 0.25) is 0 Å². The first-order valence-electron chi connectivity index (χ1n) is 12.3. The third-order valence-corrected chi connectivity index (χ3v) is 6.61. The Morgan fingerprint density at radius 1 is 0.968 bits per heavy atom. The van der Waals surface area contributed by atoms with E-state index in [1.54, 1.807) is 19.1 Å². The zero-order valence-corrected chi connectivity index (χ0v) is 19.8. The van der Waals surface area contributed by atoms with Crippen molar-refractivity contribution >= 4 is 5.78 Å². The van der Waals surface area contributed by atoms with Gasteiger partial charge >= 0.3 is 0 Å². The standard InChI is InChI=1S/C15H20O.C14H21F/c1-12(16)15-9-5-8-14(11-15)10-13-6-3-2-4-7-13;1-3-5-7-12(6-4-2)13-8-10-14(15)11-9-13/h2-4,6-7,14-15H,5,8-11H2,1H3;8-12H,3-7H2,1-2H3/t14?,15-;/m1./s1. The minimum absolute atomic E-state index is 0.135. The SMILES string of the molecule is CC(=O)[C@@H]1CCCC(Cc2ccccc2)C1.CCCCC(CCC)c1ccc(F)cc1. The summed E-state index contributed by atoms with van der Waals surface area (Å²) >= 11 is 0. The van der Waals surface area contributed by atoms with Crippen LogP contribution in [0.3, 0.4) is 0 Å². The molecular formula is C29H41FO. The Balaban J connectivity index is 0.000000221. The van der Waals surface area contributed by atoms with Crippen molar-refractivity contribution in [2.45, 2.75) is 90.9 Å². The molecule has 0 N–H and O–H groups in total. The van der Waals surface area contributed by atoms with E-state index in [4.69, 9.17) is 0 Å². The van der Waals surface area contributed by atoms with Crippen molar-refractivity contribution in [2.75, 3.05) is 0 Å². The first-order chi connectivity index (χ1) is 15.0. The molecule has 0 bridgehead atoms. The fraction of sp³-hybridized carbons (Fsp3) is 0.552. The molecule has 0 radical (unpaired) electrons. The molecule has 1 aliphatic carbocycles. The number of rotatable bonds is 9. The fourth-order valence-electron chi connectivity index (χ4n) is 4.80. The highest BCUT2D eigenvalue weighted by Crippen LogP contribution is 2.31. The summed E-state index contributed by atoms with van der Waals surface area (Å²) in [5.41, 5.74) is 2.71. The fourth-order valence-corrected chi connectivity index (χ4v) is 4.80. The van der Waals surface area contributed by atoms with Gasteiger partial charge in [0.1, 0.15) is 11.6 Å². The molecule has 0 saturated heterocycles. The summed E-state index contributed by atoms with van der Waals surface area (Å²) in [5.74, 6) is 1.92. The number of carbonyl (C=O) groups is 1. The van der Waals surface area contributed by atoms with E-state index < -0.39 is 0 Å². The molecule has 1 saturated carbocycles. The maximum absolute atomic E-state index is 12.8. The molecule has 0 aliphatic heterocycles. The third kappa shape index (κ3) is 9.37. The zero-order valence-electron chi connectivity index (χ0n) is 19.8. The molecule has 31 heavy (non-hydrogen) atoms. The minimum Gasteiger partial charge on any atom is -0.300 e.